The highest BCUT2D eigenvalue weighted by atomic mass is 35.5. The summed E-state index contributed by atoms with van der Waals surface area (Å²) < 4.78 is 26.5. The Kier molecular flexibility index (Phi) is 5.65. The molecule has 0 spiro atoms. The average Bonchev–Trinajstić information content (AvgIpc) is 2.35. The molecule has 0 atom stereocenters. The number of rotatable bonds is 6. The highest BCUT2D eigenvalue weighted by Crippen LogP contribution is 2.22. The predicted octanol–water partition coefficient (Wildman–Crippen LogP) is 2.82. The van der Waals surface area contributed by atoms with Crippen molar-refractivity contribution in [1.82, 2.24) is 4.72 Å². The van der Waals surface area contributed by atoms with Gasteiger partial charge in [0.05, 0.1) is 10.5 Å². The van der Waals surface area contributed by atoms with Crippen LogP contribution in [0.5, 0.6) is 0 Å². The van der Waals surface area contributed by atoms with Crippen LogP contribution >= 0.6 is 23.2 Å². The summed E-state index contributed by atoms with van der Waals surface area (Å²) in [5, 5.41) is 10.6. The Morgan fingerprint density at radius 3 is 2.05 bits per heavy atom. The van der Waals surface area contributed by atoms with E-state index in [9.17, 15) is 13.5 Å². The molecule has 0 bridgehead atoms. The molecular formula is C12H17Cl2NO3S. The van der Waals surface area contributed by atoms with E-state index in [2.05, 4.69) is 4.72 Å². The third-order valence-electron chi connectivity index (χ3n) is 3.05. The second kappa shape index (κ2) is 6.41. The van der Waals surface area contributed by atoms with Crippen molar-refractivity contribution in [1.29, 1.82) is 0 Å². The van der Waals surface area contributed by atoms with Gasteiger partial charge in [0.25, 0.3) is 0 Å². The van der Waals surface area contributed by atoms with Gasteiger partial charge >= 0.3 is 0 Å². The molecular weight excluding hydrogens is 309 g/mol. The van der Waals surface area contributed by atoms with Gasteiger partial charge in [-0.1, -0.05) is 37.0 Å². The molecule has 4 nitrogen and oxygen atoms in total. The summed E-state index contributed by atoms with van der Waals surface area (Å²) in [7, 11) is -3.74. The number of hydrogen-bond acceptors (Lipinski definition) is 3. The summed E-state index contributed by atoms with van der Waals surface area (Å²) in [5.41, 5.74) is -1.05. The predicted molar refractivity (Wildman–Crippen MR) is 77.2 cm³/mol. The van der Waals surface area contributed by atoms with Crippen LogP contribution in [0.25, 0.3) is 0 Å². The summed E-state index contributed by atoms with van der Waals surface area (Å²) in [6.07, 6.45) is 0.921. The normalized spacial score (nSPS) is 12.7. The monoisotopic (exact) mass is 325 g/mol. The van der Waals surface area contributed by atoms with Crippen LogP contribution in [0, 0.1) is 0 Å². The molecule has 7 heteroatoms. The minimum absolute atomic E-state index is 0.0143. The molecule has 2 N–H and O–H groups in total. The van der Waals surface area contributed by atoms with Crippen molar-refractivity contribution in [3.05, 3.63) is 28.2 Å². The number of aliphatic hydroxyl groups is 1. The molecule has 0 aromatic heterocycles. The van der Waals surface area contributed by atoms with Gasteiger partial charge in [0.2, 0.25) is 10.0 Å². The fourth-order valence-corrected chi connectivity index (χ4v) is 3.34. The Balaban J connectivity index is 2.93. The Morgan fingerprint density at radius 2 is 1.63 bits per heavy atom. The topological polar surface area (TPSA) is 66.4 Å². The Hall–Kier alpha value is -0.330. The van der Waals surface area contributed by atoms with Gasteiger partial charge in [0.1, 0.15) is 0 Å². The molecule has 19 heavy (non-hydrogen) atoms. The maximum absolute atomic E-state index is 12.1. The van der Waals surface area contributed by atoms with Crippen LogP contribution in [-0.4, -0.2) is 25.7 Å². The van der Waals surface area contributed by atoms with E-state index in [0.717, 1.165) is 0 Å². The first-order chi connectivity index (χ1) is 8.72. The molecule has 0 amide bonds. The van der Waals surface area contributed by atoms with E-state index in [1.165, 1.54) is 18.2 Å². The van der Waals surface area contributed by atoms with Crippen molar-refractivity contribution >= 4 is 33.2 Å². The molecule has 0 aliphatic carbocycles. The molecule has 0 saturated heterocycles. The Morgan fingerprint density at radius 1 is 1.16 bits per heavy atom. The number of sulfonamides is 1. The van der Waals surface area contributed by atoms with E-state index in [4.69, 9.17) is 23.2 Å². The van der Waals surface area contributed by atoms with E-state index >= 15 is 0 Å². The van der Waals surface area contributed by atoms with Gasteiger partial charge in [-0.15, -0.1) is 0 Å². The van der Waals surface area contributed by atoms with Gasteiger partial charge in [0, 0.05) is 16.6 Å². The maximum atomic E-state index is 12.1. The fourth-order valence-electron chi connectivity index (χ4n) is 1.50. The highest BCUT2D eigenvalue weighted by molar-refractivity contribution is 7.89. The lowest BCUT2D eigenvalue weighted by Gasteiger charge is -2.25. The van der Waals surface area contributed by atoms with Crippen molar-refractivity contribution in [3.63, 3.8) is 0 Å². The summed E-state index contributed by atoms with van der Waals surface area (Å²) in [4.78, 5) is -0.0143. The molecule has 0 saturated carbocycles. The summed E-state index contributed by atoms with van der Waals surface area (Å²) in [5.74, 6) is 0. The van der Waals surface area contributed by atoms with Crippen LogP contribution in [0.4, 0.5) is 0 Å². The van der Waals surface area contributed by atoms with Crippen LogP contribution in [0.3, 0.4) is 0 Å². The lowest BCUT2D eigenvalue weighted by atomic mass is 9.98. The minimum Gasteiger partial charge on any atom is -0.389 e. The zero-order valence-corrected chi connectivity index (χ0v) is 13.1. The molecule has 1 aromatic carbocycles. The summed E-state index contributed by atoms with van der Waals surface area (Å²) in [6, 6.07) is 4.08. The average molecular weight is 326 g/mol. The quantitative estimate of drug-likeness (QED) is 0.845. The molecule has 0 aliphatic heterocycles. The van der Waals surface area contributed by atoms with E-state index in [1.807, 2.05) is 0 Å². The van der Waals surface area contributed by atoms with Gasteiger partial charge in [-0.3, -0.25) is 0 Å². The van der Waals surface area contributed by atoms with Crippen LogP contribution < -0.4 is 4.72 Å². The third-order valence-corrected chi connectivity index (χ3v) is 4.87. The van der Waals surface area contributed by atoms with Gasteiger partial charge in [-0.2, -0.15) is 0 Å². The van der Waals surface area contributed by atoms with Crippen molar-refractivity contribution in [2.45, 2.75) is 37.2 Å². The lowest BCUT2D eigenvalue weighted by Crippen LogP contribution is -2.41. The number of nitrogens with one attached hydrogen (secondary N) is 1. The maximum Gasteiger partial charge on any atom is 0.240 e. The number of hydrogen-bond donors (Lipinski definition) is 2. The van der Waals surface area contributed by atoms with Gasteiger partial charge < -0.3 is 5.11 Å². The van der Waals surface area contributed by atoms with Gasteiger partial charge in [-0.05, 0) is 31.0 Å². The summed E-state index contributed by atoms with van der Waals surface area (Å²) in [6.45, 7) is 3.55. The van der Waals surface area contributed by atoms with Gasteiger partial charge in [0.15, 0.2) is 0 Å². The van der Waals surface area contributed by atoms with Crippen LogP contribution in [0.2, 0.25) is 10.0 Å². The SMILES string of the molecule is CCC(O)(CC)CNS(=O)(=O)c1cc(Cl)cc(Cl)c1. The van der Waals surface area contributed by atoms with Crippen molar-refractivity contribution < 1.29 is 13.5 Å². The molecule has 0 fully saturated rings. The van der Waals surface area contributed by atoms with Crippen LogP contribution in [-0.2, 0) is 10.0 Å². The Bertz CT molecular complexity index is 522. The summed E-state index contributed by atoms with van der Waals surface area (Å²) >= 11 is 11.5. The van der Waals surface area contributed by atoms with Gasteiger partial charge in [-0.25, -0.2) is 13.1 Å². The third kappa shape index (κ3) is 4.61. The smallest absolute Gasteiger partial charge is 0.240 e. The molecule has 108 valence electrons. The first-order valence-electron chi connectivity index (χ1n) is 5.90. The fraction of sp³-hybridized carbons (Fsp3) is 0.500. The second-order valence-corrected chi connectivity index (χ2v) is 7.00. The Labute approximate surface area is 123 Å². The first kappa shape index (κ1) is 16.7. The van der Waals surface area contributed by atoms with Crippen molar-refractivity contribution in [2.75, 3.05) is 6.54 Å². The van der Waals surface area contributed by atoms with E-state index in [0.29, 0.717) is 12.8 Å². The zero-order chi connectivity index (χ0) is 14.7. The molecule has 1 aromatic rings. The molecule has 0 unspecified atom stereocenters. The van der Waals surface area contributed by atoms with Crippen LogP contribution in [0.15, 0.2) is 23.1 Å². The zero-order valence-electron chi connectivity index (χ0n) is 10.8. The molecule has 1 rings (SSSR count). The second-order valence-electron chi connectivity index (χ2n) is 4.36. The largest absolute Gasteiger partial charge is 0.389 e. The van der Waals surface area contributed by atoms with Crippen molar-refractivity contribution in [2.24, 2.45) is 0 Å². The molecule has 0 radical (unpaired) electrons. The standard InChI is InChI=1S/C12H17Cl2NO3S/c1-3-12(16,4-2)8-15-19(17,18)11-6-9(13)5-10(14)7-11/h5-7,15-16H,3-4,8H2,1-2H3. The number of halogens is 2. The van der Waals surface area contributed by atoms with Crippen molar-refractivity contribution in [3.8, 4) is 0 Å². The number of benzene rings is 1. The van der Waals surface area contributed by atoms with E-state index in [-0.39, 0.29) is 21.5 Å². The van der Waals surface area contributed by atoms with Crippen LogP contribution in [0.1, 0.15) is 26.7 Å². The molecule has 0 heterocycles. The highest BCUT2D eigenvalue weighted by Gasteiger charge is 2.25. The van der Waals surface area contributed by atoms with E-state index in [1.54, 1.807) is 13.8 Å². The first-order valence-corrected chi connectivity index (χ1v) is 8.14. The molecule has 0 aliphatic rings. The minimum atomic E-state index is -3.74. The lowest BCUT2D eigenvalue weighted by molar-refractivity contribution is 0.0377. The van der Waals surface area contributed by atoms with E-state index < -0.39 is 15.6 Å².